The van der Waals surface area contributed by atoms with E-state index in [9.17, 15) is 0 Å². The van der Waals surface area contributed by atoms with Crippen molar-refractivity contribution in [3.05, 3.63) is 39.9 Å². The summed E-state index contributed by atoms with van der Waals surface area (Å²) in [5, 5.41) is 0. The molecule has 2 aromatic heterocycles. The van der Waals surface area contributed by atoms with Crippen LogP contribution < -0.4 is 4.74 Å². The van der Waals surface area contributed by atoms with Crippen LogP contribution in [0.4, 0.5) is 0 Å². The van der Waals surface area contributed by atoms with Crippen LogP contribution in [0, 0.1) is 0 Å². The lowest BCUT2D eigenvalue weighted by Gasteiger charge is -2.04. The molecule has 0 atom stereocenters. The summed E-state index contributed by atoms with van der Waals surface area (Å²) in [6.45, 7) is 0. The van der Waals surface area contributed by atoms with Crippen LogP contribution >= 0.6 is 31.9 Å². The Morgan fingerprint density at radius 2 is 1.93 bits per heavy atom. The molecule has 2 heterocycles. The van der Waals surface area contributed by atoms with Gasteiger partial charge < -0.3 is 4.74 Å². The van der Waals surface area contributed by atoms with Crippen molar-refractivity contribution in [3.8, 4) is 11.6 Å². The second-order valence-electron chi connectivity index (χ2n) is 2.62. The molecule has 0 aliphatic rings. The molecule has 0 amide bonds. The molecule has 76 valence electrons. The molecular weight excluding hydrogens is 326 g/mol. The normalized spacial score (nSPS) is 10.0. The average molecular weight is 331 g/mol. The molecule has 0 fully saturated rings. The molecular formula is C9H5Br2N3O. The predicted octanol–water partition coefficient (Wildman–Crippen LogP) is 3.19. The third-order valence-electron chi connectivity index (χ3n) is 1.53. The lowest BCUT2D eigenvalue weighted by Crippen LogP contribution is -1.90. The van der Waals surface area contributed by atoms with Crippen molar-refractivity contribution in [1.82, 2.24) is 15.0 Å². The van der Waals surface area contributed by atoms with Gasteiger partial charge in [-0.2, -0.15) is 0 Å². The van der Waals surface area contributed by atoms with Crippen LogP contribution in [0.5, 0.6) is 11.6 Å². The van der Waals surface area contributed by atoms with E-state index in [-0.39, 0.29) is 0 Å². The fourth-order valence-corrected chi connectivity index (χ4v) is 1.58. The number of aromatic nitrogens is 3. The minimum atomic E-state index is 0.463. The van der Waals surface area contributed by atoms with Crippen LogP contribution in [0.2, 0.25) is 0 Å². The van der Waals surface area contributed by atoms with Gasteiger partial charge in [-0.1, -0.05) is 0 Å². The molecule has 2 rings (SSSR count). The maximum absolute atomic E-state index is 5.50. The van der Waals surface area contributed by atoms with E-state index in [1.165, 1.54) is 6.33 Å². The molecule has 2 aromatic rings. The van der Waals surface area contributed by atoms with Crippen LogP contribution in [0.25, 0.3) is 0 Å². The van der Waals surface area contributed by atoms with E-state index in [2.05, 4.69) is 46.8 Å². The van der Waals surface area contributed by atoms with Crippen LogP contribution in [-0.4, -0.2) is 15.0 Å². The Morgan fingerprint density at radius 3 is 2.67 bits per heavy atom. The maximum atomic E-state index is 5.50. The highest BCUT2D eigenvalue weighted by Crippen LogP contribution is 2.26. The third kappa shape index (κ3) is 2.73. The van der Waals surface area contributed by atoms with Gasteiger partial charge in [0.25, 0.3) is 0 Å². The van der Waals surface area contributed by atoms with Gasteiger partial charge in [0.15, 0.2) is 0 Å². The van der Waals surface area contributed by atoms with Crippen molar-refractivity contribution < 1.29 is 4.74 Å². The van der Waals surface area contributed by atoms with Gasteiger partial charge >= 0.3 is 0 Å². The largest absolute Gasteiger partial charge is 0.436 e. The lowest BCUT2D eigenvalue weighted by molar-refractivity contribution is 0.455. The van der Waals surface area contributed by atoms with E-state index < -0.39 is 0 Å². The Kier molecular flexibility index (Phi) is 3.27. The first-order valence-corrected chi connectivity index (χ1v) is 5.58. The summed E-state index contributed by atoms with van der Waals surface area (Å²) in [6, 6.07) is 1.81. The maximum Gasteiger partial charge on any atom is 0.236 e. The number of hydrogen-bond acceptors (Lipinski definition) is 4. The second kappa shape index (κ2) is 4.67. The van der Waals surface area contributed by atoms with Crippen molar-refractivity contribution in [2.24, 2.45) is 0 Å². The number of rotatable bonds is 2. The Morgan fingerprint density at radius 1 is 1.07 bits per heavy atom. The van der Waals surface area contributed by atoms with Gasteiger partial charge in [-0.05, 0) is 37.9 Å². The molecule has 0 saturated carbocycles. The van der Waals surface area contributed by atoms with Gasteiger partial charge in [-0.25, -0.2) is 9.97 Å². The monoisotopic (exact) mass is 329 g/mol. The quantitative estimate of drug-likeness (QED) is 0.848. The summed E-state index contributed by atoms with van der Waals surface area (Å²) < 4.78 is 7.05. The van der Waals surface area contributed by atoms with Crippen molar-refractivity contribution in [2.75, 3.05) is 0 Å². The molecule has 0 saturated heterocycles. The zero-order chi connectivity index (χ0) is 10.7. The molecule has 0 bridgehead atoms. The highest BCUT2D eigenvalue weighted by molar-refractivity contribution is 9.10. The summed E-state index contributed by atoms with van der Waals surface area (Å²) in [5.41, 5.74) is 0. The molecule has 0 aliphatic carbocycles. The summed E-state index contributed by atoms with van der Waals surface area (Å²) in [7, 11) is 0. The Hall–Kier alpha value is -1.01. The van der Waals surface area contributed by atoms with E-state index >= 15 is 0 Å². The lowest BCUT2D eigenvalue weighted by atomic mass is 10.5. The molecule has 0 aromatic carbocycles. The van der Waals surface area contributed by atoms with Crippen molar-refractivity contribution in [3.63, 3.8) is 0 Å². The SMILES string of the molecule is Brc1cncc(Oc2ncncc2Br)c1. The number of nitrogens with zero attached hydrogens (tertiary/aromatic N) is 3. The number of ether oxygens (including phenoxy) is 1. The molecule has 0 aliphatic heterocycles. The van der Waals surface area contributed by atoms with Gasteiger partial charge in [0, 0.05) is 16.9 Å². The van der Waals surface area contributed by atoms with E-state index in [1.54, 1.807) is 18.6 Å². The van der Waals surface area contributed by atoms with Crippen LogP contribution in [-0.2, 0) is 0 Å². The fourth-order valence-electron chi connectivity index (χ4n) is 0.936. The van der Waals surface area contributed by atoms with Crippen molar-refractivity contribution in [1.29, 1.82) is 0 Å². The first-order chi connectivity index (χ1) is 7.25. The first-order valence-electron chi connectivity index (χ1n) is 3.99. The van der Waals surface area contributed by atoms with Gasteiger partial charge in [0.2, 0.25) is 5.88 Å². The molecule has 15 heavy (non-hydrogen) atoms. The van der Waals surface area contributed by atoms with Crippen LogP contribution in [0.3, 0.4) is 0 Å². The fraction of sp³-hybridized carbons (Fsp3) is 0. The number of pyridine rings is 1. The van der Waals surface area contributed by atoms with E-state index in [0.29, 0.717) is 16.1 Å². The molecule has 0 unspecified atom stereocenters. The molecule has 0 spiro atoms. The minimum Gasteiger partial charge on any atom is -0.436 e. The minimum absolute atomic E-state index is 0.463. The Labute approximate surface area is 103 Å². The van der Waals surface area contributed by atoms with E-state index in [4.69, 9.17) is 4.74 Å². The van der Waals surface area contributed by atoms with Gasteiger partial charge in [-0.3, -0.25) is 4.98 Å². The van der Waals surface area contributed by atoms with Gasteiger partial charge in [0.1, 0.15) is 12.1 Å². The number of halogens is 2. The Balaban J connectivity index is 2.26. The smallest absolute Gasteiger partial charge is 0.236 e. The van der Waals surface area contributed by atoms with Crippen molar-refractivity contribution in [2.45, 2.75) is 0 Å². The highest BCUT2D eigenvalue weighted by Gasteiger charge is 2.04. The topological polar surface area (TPSA) is 47.9 Å². The molecule has 6 heteroatoms. The molecule has 0 N–H and O–H groups in total. The molecule has 0 radical (unpaired) electrons. The summed E-state index contributed by atoms with van der Waals surface area (Å²) >= 11 is 6.60. The molecule has 4 nitrogen and oxygen atoms in total. The van der Waals surface area contributed by atoms with Crippen LogP contribution in [0.1, 0.15) is 0 Å². The second-order valence-corrected chi connectivity index (χ2v) is 4.39. The van der Waals surface area contributed by atoms with E-state index in [1.807, 2.05) is 6.07 Å². The van der Waals surface area contributed by atoms with Gasteiger partial charge in [-0.15, -0.1) is 0 Å². The highest BCUT2D eigenvalue weighted by atomic mass is 79.9. The zero-order valence-electron chi connectivity index (χ0n) is 7.39. The third-order valence-corrected chi connectivity index (χ3v) is 2.51. The van der Waals surface area contributed by atoms with E-state index in [0.717, 1.165) is 4.47 Å². The Bertz CT molecular complexity index is 478. The standard InChI is InChI=1S/C9H5Br2N3O/c10-6-1-7(3-12-2-6)15-9-8(11)4-13-5-14-9/h1-5H. The van der Waals surface area contributed by atoms with Crippen LogP contribution in [0.15, 0.2) is 39.9 Å². The number of hydrogen-bond donors (Lipinski definition) is 0. The summed E-state index contributed by atoms with van der Waals surface area (Å²) in [4.78, 5) is 11.8. The van der Waals surface area contributed by atoms with Gasteiger partial charge in [0.05, 0.1) is 10.7 Å². The first kappa shape index (κ1) is 10.5. The zero-order valence-corrected chi connectivity index (χ0v) is 10.6. The summed E-state index contributed by atoms with van der Waals surface area (Å²) in [6.07, 6.45) is 6.33. The average Bonchev–Trinajstić information content (AvgIpc) is 2.22. The summed E-state index contributed by atoms with van der Waals surface area (Å²) in [5.74, 6) is 1.08. The predicted molar refractivity (Wildman–Crippen MR) is 61.7 cm³/mol. The van der Waals surface area contributed by atoms with Crippen molar-refractivity contribution >= 4 is 31.9 Å².